The van der Waals surface area contributed by atoms with Gasteiger partial charge in [-0.05, 0) is 57.0 Å². The molecule has 1 aromatic carbocycles. The van der Waals surface area contributed by atoms with Crippen molar-refractivity contribution in [2.24, 2.45) is 0 Å². The molecule has 1 amide bonds. The van der Waals surface area contributed by atoms with Crippen molar-refractivity contribution >= 4 is 22.9 Å². The van der Waals surface area contributed by atoms with E-state index in [1.807, 2.05) is 35.4 Å². The maximum atomic E-state index is 14.1. The Labute approximate surface area is 226 Å². The minimum absolute atomic E-state index is 0.165. The number of anilines is 1. The number of benzene rings is 1. The van der Waals surface area contributed by atoms with Gasteiger partial charge in [-0.2, -0.15) is 9.97 Å². The molecular formula is C28H33FN8O2. The van der Waals surface area contributed by atoms with Crippen molar-refractivity contribution in [3.05, 3.63) is 59.7 Å². The van der Waals surface area contributed by atoms with Crippen LogP contribution in [0, 0.1) is 5.82 Å². The number of carbonyl (C=O) groups excluding carboxylic acids is 1. The smallest absolute Gasteiger partial charge is 0.320 e. The van der Waals surface area contributed by atoms with Crippen LogP contribution in [0.4, 0.5) is 10.2 Å². The van der Waals surface area contributed by atoms with E-state index in [0.717, 1.165) is 37.7 Å². The van der Waals surface area contributed by atoms with Crippen molar-refractivity contribution in [2.45, 2.75) is 32.2 Å². The molecule has 1 aliphatic rings. The second kappa shape index (κ2) is 11.3. The summed E-state index contributed by atoms with van der Waals surface area (Å²) in [4.78, 5) is 33.7. The highest BCUT2D eigenvalue weighted by molar-refractivity contribution is 5.86. The second-order valence-electron chi connectivity index (χ2n) is 10.0. The molecule has 39 heavy (non-hydrogen) atoms. The van der Waals surface area contributed by atoms with E-state index >= 15 is 0 Å². The van der Waals surface area contributed by atoms with E-state index in [9.17, 15) is 9.18 Å². The molecular weight excluding hydrogens is 499 g/mol. The highest BCUT2D eigenvalue weighted by Gasteiger charge is 2.24. The number of likely N-dealkylation sites (N-methyl/N-ethyl adjacent to an activating group) is 1. The number of ether oxygens (including phenoxy) is 1. The van der Waals surface area contributed by atoms with Gasteiger partial charge in [0.1, 0.15) is 11.6 Å². The van der Waals surface area contributed by atoms with E-state index in [0.29, 0.717) is 48.2 Å². The number of carbonyl (C=O) groups is 1. The van der Waals surface area contributed by atoms with Crippen LogP contribution in [0.15, 0.2) is 42.7 Å². The summed E-state index contributed by atoms with van der Waals surface area (Å²) in [5, 5.41) is 0. The molecule has 0 bridgehead atoms. The summed E-state index contributed by atoms with van der Waals surface area (Å²) in [7, 11) is 3.83. The van der Waals surface area contributed by atoms with Crippen molar-refractivity contribution in [1.29, 1.82) is 0 Å². The van der Waals surface area contributed by atoms with Gasteiger partial charge in [-0.1, -0.05) is 24.3 Å². The van der Waals surface area contributed by atoms with Gasteiger partial charge >= 0.3 is 6.01 Å². The zero-order valence-electron chi connectivity index (χ0n) is 22.5. The predicted molar refractivity (Wildman–Crippen MR) is 147 cm³/mol. The molecule has 0 unspecified atom stereocenters. The first-order valence-electron chi connectivity index (χ1n) is 13.1. The number of nitrogens with zero attached hydrogens (tertiary/aromatic N) is 7. The first-order valence-corrected chi connectivity index (χ1v) is 13.1. The molecule has 1 saturated heterocycles. The average Bonchev–Trinajstić information content (AvgIpc) is 3.28. The van der Waals surface area contributed by atoms with Gasteiger partial charge in [-0.15, -0.1) is 0 Å². The third-order valence-corrected chi connectivity index (χ3v) is 6.93. The number of aromatic nitrogens is 5. The summed E-state index contributed by atoms with van der Waals surface area (Å²) >= 11 is 0. The summed E-state index contributed by atoms with van der Waals surface area (Å²) in [6.45, 7) is 4.66. The molecule has 0 atom stereocenters. The highest BCUT2D eigenvalue weighted by atomic mass is 19.1. The zero-order chi connectivity index (χ0) is 27.5. The lowest BCUT2D eigenvalue weighted by Gasteiger charge is -2.33. The standard InChI is InChI=1S/C28H33FN8O2/c1-4-39-28-33-25(30)24-27(34-28)37(26(32-24)21-13-22(29)15-31-14-21)16-18-5-7-19(8-6-18)20-9-11-36(12-10-20)23(38)17-35(2)3/h5-8,13-15,20H,4,9-12,16-17H2,1-3H3,(H2,30,33,34). The molecule has 3 aromatic heterocycles. The van der Waals surface area contributed by atoms with E-state index in [-0.39, 0.29) is 17.7 Å². The van der Waals surface area contributed by atoms with Crippen LogP contribution >= 0.6 is 0 Å². The van der Waals surface area contributed by atoms with Crippen molar-refractivity contribution in [3.8, 4) is 17.4 Å². The van der Waals surface area contributed by atoms with Crippen molar-refractivity contribution in [1.82, 2.24) is 34.3 Å². The largest absolute Gasteiger partial charge is 0.464 e. The third kappa shape index (κ3) is 5.83. The number of imidazole rings is 1. The lowest BCUT2D eigenvalue weighted by molar-refractivity contribution is -0.132. The molecule has 10 nitrogen and oxygen atoms in total. The number of likely N-dealkylation sites (tertiary alicyclic amines) is 1. The Balaban J connectivity index is 1.40. The van der Waals surface area contributed by atoms with Gasteiger partial charge in [0, 0.05) is 24.8 Å². The Morgan fingerprint density at radius 1 is 1.13 bits per heavy atom. The number of rotatable bonds is 8. The maximum Gasteiger partial charge on any atom is 0.320 e. The van der Waals surface area contributed by atoms with Crippen LogP contribution in [-0.2, 0) is 11.3 Å². The lowest BCUT2D eigenvalue weighted by Crippen LogP contribution is -2.42. The average molecular weight is 533 g/mol. The number of hydrogen-bond acceptors (Lipinski definition) is 8. The van der Waals surface area contributed by atoms with Crippen LogP contribution < -0.4 is 10.5 Å². The molecule has 1 fully saturated rings. The van der Waals surface area contributed by atoms with Crippen LogP contribution in [-0.4, -0.2) is 80.5 Å². The van der Waals surface area contributed by atoms with Gasteiger partial charge < -0.3 is 24.8 Å². The van der Waals surface area contributed by atoms with Gasteiger partial charge in [0.25, 0.3) is 0 Å². The number of amides is 1. The van der Waals surface area contributed by atoms with Gasteiger partial charge in [0.05, 0.1) is 25.9 Å². The van der Waals surface area contributed by atoms with Crippen molar-refractivity contribution in [2.75, 3.05) is 46.1 Å². The number of fused-ring (bicyclic) bond motifs is 1. The Hall–Kier alpha value is -4.12. The van der Waals surface area contributed by atoms with Crippen LogP contribution in [0.2, 0.25) is 0 Å². The number of nitrogens with two attached hydrogens (primary N) is 1. The van der Waals surface area contributed by atoms with Crippen molar-refractivity contribution in [3.63, 3.8) is 0 Å². The number of hydrogen-bond donors (Lipinski definition) is 1. The molecule has 4 heterocycles. The zero-order valence-corrected chi connectivity index (χ0v) is 22.5. The summed E-state index contributed by atoms with van der Waals surface area (Å²) in [6, 6.07) is 10.0. The van der Waals surface area contributed by atoms with Gasteiger partial charge in [-0.25, -0.2) is 9.37 Å². The van der Waals surface area contributed by atoms with E-state index in [2.05, 4.69) is 44.2 Å². The first kappa shape index (κ1) is 26.5. The van der Waals surface area contributed by atoms with Crippen LogP contribution in [0.5, 0.6) is 6.01 Å². The minimum Gasteiger partial charge on any atom is -0.464 e. The fourth-order valence-corrected chi connectivity index (χ4v) is 5.01. The molecule has 0 radical (unpaired) electrons. The van der Waals surface area contributed by atoms with E-state index in [1.54, 1.807) is 6.20 Å². The molecule has 1 aliphatic heterocycles. The van der Waals surface area contributed by atoms with Gasteiger partial charge in [0.2, 0.25) is 5.91 Å². The van der Waals surface area contributed by atoms with E-state index < -0.39 is 5.82 Å². The van der Waals surface area contributed by atoms with Crippen molar-refractivity contribution < 1.29 is 13.9 Å². The molecule has 5 rings (SSSR count). The van der Waals surface area contributed by atoms with Crippen LogP contribution in [0.25, 0.3) is 22.6 Å². The minimum atomic E-state index is -0.459. The normalized spacial score (nSPS) is 14.3. The lowest BCUT2D eigenvalue weighted by atomic mass is 9.89. The van der Waals surface area contributed by atoms with Crippen LogP contribution in [0.3, 0.4) is 0 Å². The number of nitrogen functional groups attached to an aromatic ring is 1. The molecule has 2 N–H and O–H groups in total. The monoisotopic (exact) mass is 532 g/mol. The number of piperidine rings is 1. The fraction of sp³-hybridized carbons (Fsp3) is 0.393. The molecule has 4 aromatic rings. The Morgan fingerprint density at radius 3 is 2.54 bits per heavy atom. The Kier molecular flexibility index (Phi) is 7.69. The highest BCUT2D eigenvalue weighted by Crippen LogP contribution is 2.31. The SMILES string of the molecule is CCOc1nc(N)c2nc(-c3cncc(F)c3)n(Cc3ccc(C4CCN(C(=O)CN(C)C)CC4)cc3)c2n1. The molecule has 0 spiro atoms. The Bertz CT molecular complexity index is 1460. The number of pyridine rings is 1. The summed E-state index contributed by atoms with van der Waals surface area (Å²) in [6.07, 6.45) is 4.60. The molecule has 0 saturated carbocycles. The van der Waals surface area contributed by atoms with Crippen LogP contribution in [0.1, 0.15) is 36.8 Å². The maximum absolute atomic E-state index is 14.1. The molecule has 204 valence electrons. The Morgan fingerprint density at radius 2 is 1.87 bits per heavy atom. The molecule has 11 heteroatoms. The quantitative estimate of drug-likeness (QED) is 0.368. The molecule has 0 aliphatic carbocycles. The second-order valence-corrected chi connectivity index (χ2v) is 10.0. The summed E-state index contributed by atoms with van der Waals surface area (Å²) in [5.41, 5.74) is 9.92. The summed E-state index contributed by atoms with van der Waals surface area (Å²) < 4.78 is 21.5. The third-order valence-electron chi connectivity index (χ3n) is 6.93. The van der Waals surface area contributed by atoms with E-state index in [4.69, 9.17) is 10.5 Å². The van der Waals surface area contributed by atoms with Gasteiger partial charge in [-0.3, -0.25) is 9.78 Å². The van der Waals surface area contributed by atoms with Gasteiger partial charge in [0.15, 0.2) is 17.0 Å². The topological polar surface area (TPSA) is 115 Å². The summed E-state index contributed by atoms with van der Waals surface area (Å²) in [5.74, 6) is 0.817. The fourth-order valence-electron chi connectivity index (χ4n) is 5.01. The number of halogens is 1. The predicted octanol–water partition coefficient (Wildman–Crippen LogP) is 3.32. The first-order chi connectivity index (χ1) is 18.8. The van der Waals surface area contributed by atoms with E-state index in [1.165, 1.54) is 11.6 Å².